The van der Waals surface area contributed by atoms with Crippen LogP contribution in [0.5, 0.6) is 0 Å². The monoisotopic (exact) mass is 395 g/mol. The molecule has 0 aliphatic carbocycles. The van der Waals surface area contributed by atoms with Gasteiger partial charge in [-0.2, -0.15) is 0 Å². The third kappa shape index (κ3) is 4.71. The third-order valence-electron chi connectivity index (χ3n) is 5.22. The molecular weight excluding hydrogens is 369 g/mol. The maximum atomic E-state index is 13.4. The Morgan fingerprint density at radius 3 is 2.45 bits per heavy atom. The van der Waals surface area contributed by atoms with E-state index in [4.69, 9.17) is 0 Å². The molecule has 0 saturated carbocycles. The van der Waals surface area contributed by atoms with Crippen LogP contribution < -0.4 is 10.9 Å². The predicted octanol–water partition coefficient (Wildman–Crippen LogP) is 3.79. The number of aryl methyl sites for hydroxylation is 1. The van der Waals surface area contributed by atoms with Crippen LogP contribution in [0.1, 0.15) is 41.4 Å². The molecule has 152 valence electrons. The molecule has 0 bridgehead atoms. The van der Waals surface area contributed by atoms with Gasteiger partial charge >= 0.3 is 0 Å². The van der Waals surface area contributed by atoms with E-state index in [1.165, 1.54) is 23.8 Å². The van der Waals surface area contributed by atoms with Crippen LogP contribution >= 0.6 is 0 Å². The van der Waals surface area contributed by atoms with E-state index in [1.54, 1.807) is 6.07 Å². The second kappa shape index (κ2) is 9.01. The summed E-state index contributed by atoms with van der Waals surface area (Å²) in [5, 5.41) is 3.51. The molecule has 1 atom stereocenters. The molecular formula is C23H26FN3O2. The normalized spacial score (nSPS) is 12.3. The number of hydrogen-bond donors (Lipinski definition) is 2. The van der Waals surface area contributed by atoms with Gasteiger partial charge in [-0.05, 0) is 55.2 Å². The Morgan fingerprint density at radius 1 is 1.10 bits per heavy atom. The van der Waals surface area contributed by atoms with Gasteiger partial charge in [0, 0.05) is 6.54 Å². The first-order chi connectivity index (χ1) is 13.9. The summed E-state index contributed by atoms with van der Waals surface area (Å²) in [5.41, 5.74) is 2.14. The average molecular weight is 395 g/mol. The van der Waals surface area contributed by atoms with Gasteiger partial charge in [0.1, 0.15) is 11.4 Å². The predicted molar refractivity (Wildman–Crippen MR) is 114 cm³/mol. The number of rotatable bonds is 7. The minimum Gasteiger partial charge on any atom is -0.350 e. The van der Waals surface area contributed by atoms with E-state index in [0.29, 0.717) is 17.4 Å². The topological polar surface area (TPSA) is 65.2 Å². The van der Waals surface area contributed by atoms with Crippen molar-refractivity contribution >= 4 is 16.8 Å². The minimum absolute atomic E-state index is 0.00295. The summed E-state index contributed by atoms with van der Waals surface area (Å²) in [6.07, 6.45) is 0. The molecule has 1 amide bonds. The lowest BCUT2D eigenvalue weighted by Crippen LogP contribution is -2.39. The van der Waals surface area contributed by atoms with Crippen molar-refractivity contribution < 1.29 is 9.18 Å². The molecule has 3 rings (SSSR count). The molecule has 29 heavy (non-hydrogen) atoms. The molecule has 0 fully saturated rings. The van der Waals surface area contributed by atoms with Crippen molar-refractivity contribution in [3.63, 3.8) is 0 Å². The number of hydrogen-bond acceptors (Lipinski definition) is 3. The number of fused-ring (bicyclic) bond motifs is 1. The van der Waals surface area contributed by atoms with Gasteiger partial charge in [0.25, 0.3) is 11.5 Å². The Morgan fingerprint density at radius 2 is 1.79 bits per heavy atom. The molecule has 6 heteroatoms. The van der Waals surface area contributed by atoms with Crippen molar-refractivity contribution in [3.05, 3.63) is 81.4 Å². The van der Waals surface area contributed by atoms with Crippen LogP contribution in [0.25, 0.3) is 10.9 Å². The van der Waals surface area contributed by atoms with Crippen LogP contribution in [0.3, 0.4) is 0 Å². The van der Waals surface area contributed by atoms with Gasteiger partial charge in [-0.15, -0.1) is 0 Å². The van der Waals surface area contributed by atoms with Crippen molar-refractivity contribution in [2.24, 2.45) is 0 Å². The van der Waals surface area contributed by atoms with E-state index in [9.17, 15) is 14.0 Å². The number of aromatic amines is 1. The highest BCUT2D eigenvalue weighted by molar-refractivity contribution is 5.97. The molecule has 1 heterocycles. The summed E-state index contributed by atoms with van der Waals surface area (Å²) in [5.74, 6) is -0.882. The molecule has 2 N–H and O–H groups in total. The molecule has 0 radical (unpaired) electrons. The second-order valence-corrected chi connectivity index (χ2v) is 7.10. The molecule has 1 aromatic heterocycles. The van der Waals surface area contributed by atoms with E-state index in [1.807, 2.05) is 6.92 Å². The molecule has 2 aromatic carbocycles. The first-order valence-electron chi connectivity index (χ1n) is 9.84. The van der Waals surface area contributed by atoms with Crippen LogP contribution in [0.2, 0.25) is 0 Å². The van der Waals surface area contributed by atoms with Gasteiger partial charge in [0.05, 0.1) is 11.6 Å². The fraction of sp³-hybridized carbons (Fsp3) is 0.304. The molecule has 1 unspecified atom stereocenters. The standard InChI is InChI=1S/C23H26FN3O2/c1-4-27(5-2)21(16-8-6-15(3)7-9-16)14-25-22(28)19-12-17-10-11-18(24)13-20(17)26-23(19)29/h6-13,21H,4-5,14H2,1-3H3,(H,25,28)(H,26,29). The van der Waals surface area contributed by atoms with E-state index in [-0.39, 0.29) is 11.6 Å². The lowest BCUT2D eigenvalue weighted by atomic mass is 10.0. The average Bonchev–Trinajstić information content (AvgIpc) is 2.71. The summed E-state index contributed by atoms with van der Waals surface area (Å²) in [4.78, 5) is 29.9. The second-order valence-electron chi connectivity index (χ2n) is 7.10. The maximum absolute atomic E-state index is 13.4. The number of nitrogens with zero attached hydrogens (tertiary/aromatic N) is 1. The van der Waals surface area contributed by atoms with Crippen LogP contribution in [0.4, 0.5) is 4.39 Å². The van der Waals surface area contributed by atoms with E-state index in [0.717, 1.165) is 18.7 Å². The molecule has 5 nitrogen and oxygen atoms in total. The summed E-state index contributed by atoms with van der Waals surface area (Å²) < 4.78 is 13.4. The number of amides is 1. The van der Waals surface area contributed by atoms with Crippen molar-refractivity contribution in [1.29, 1.82) is 0 Å². The number of aromatic nitrogens is 1. The van der Waals surface area contributed by atoms with Crippen LogP contribution in [0, 0.1) is 12.7 Å². The zero-order chi connectivity index (χ0) is 21.0. The number of carbonyl (C=O) groups is 1. The number of nitrogens with one attached hydrogen (secondary N) is 2. The van der Waals surface area contributed by atoms with Crippen molar-refractivity contribution in [2.45, 2.75) is 26.8 Å². The summed E-state index contributed by atoms with van der Waals surface area (Å²) in [6, 6.07) is 13.8. The molecule has 0 aliphatic rings. The highest BCUT2D eigenvalue weighted by Gasteiger charge is 2.20. The third-order valence-corrected chi connectivity index (χ3v) is 5.22. The number of pyridine rings is 1. The lowest BCUT2D eigenvalue weighted by Gasteiger charge is -2.30. The van der Waals surface area contributed by atoms with Gasteiger partial charge < -0.3 is 10.3 Å². The minimum atomic E-state index is -0.532. The molecule has 0 spiro atoms. The fourth-order valence-electron chi connectivity index (χ4n) is 3.54. The molecule has 3 aromatic rings. The maximum Gasteiger partial charge on any atom is 0.261 e. The highest BCUT2D eigenvalue weighted by atomic mass is 19.1. The number of carbonyl (C=O) groups excluding carboxylic acids is 1. The first kappa shape index (κ1) is 20.7. The molecule has 0 aliphatic heterocycles. The first-order valence-corrected chi connectivity index (χ1v) is 9.84. The summed E-state index contributed by atoms with van der Waals surface area (Å²) in [6.45, 7) is 8.26. The van der Waals surface area contributed by atoms with Crippen LogP contribution in [-0.4, -0.2) is 35.4 Å². The van der Waals surface area contributed by atoms with Gasteiger partial charge in [-0.25, -0.2) is 4.39 Å². The smallest absolute Gasteiger partial charge is 0.261 e. The van der Waals surface area contributed by atoms with Crippen molar-refractivity contribution in [1.82, 2.24) is 15.2 Å². The number of likely N-dealkylation sites (N-methyl/N-ethyl adjacent to an activating group) is 1. The van der Waals surface area contributed by atoms with Crippen LogP contribution in [0.15, 0.2) is 53.3 Å². The van der Waals surface area contributed by atoms with Gasteiger partial charge in [0.15, 0.2) is 0 Å². The van der Waals surface area contributed by atoms with Gasteiger partial charge in [-0.3, -0.25) is 14.5 Å². The summed E-state index contributed by atoms with van der Waals surface area (Å²) in [7, 11) is 0. The Kier molecular flexibility index (Phi) is 6.44. The Bertz CT molecular complexity index is 1060. The fourth-order valence-corrected chi connectivity index (χ4v) is 3.54. The number of benzene rings is 2. The molecule has 0 saturated heterocycles. The quantitative estimate of drug-likeness (QED) is 0.640. The summed E-state index contributed by atoms with van der Waals surface area (Å²) >= 11 is 0. The Balaban J connectivity index is 1.83. The highest BCUT2D eigenvalue weighted by Crippen LogP contribution is 2.20. The van der Waals surface area contributed by atoms with Gasteiger partial charge in [0.2, 0.25) is 0 Å². The largest absolute Gasteiger partial charge is 0.350 e. The SMILES string of the molecule is CCN(CC)C(CNC(=O)c1cc2ccc(F)cc2[nH]c1=O)c1ccc(C)cc1. The Hall–Kier alpha value is -2.99. The Labute approximate surface area is 169 Å². The number of H-pyrrole nitrogens is 1. The number of halogens is 1. The zero-order valence-corrected chi connectivity index (χ0v) is 17.0. The van der Waals surface area contributed by atoms with Crippen molar-refractivity contribution in [3.8, 4) is 0 Å². The van der Waals surface area contributed by atoms with E-state index in [2.05, 4.69) is 53.3 Å². The lowest BCUT2D eigenvalue weighted by molar-refractivity contribution is 0.0933. The van der Waals surface area contributed by atoms with E-state index >= 15 is 0 Å². The van der Waals surface area contributed by atoms with Crippen molar-refractivity contribution in [2.75, 3.05) is 19.6 Å². The van der Waals surface area contributed by atoms with E-state index < -0.39 is 17.3 Å². The zero-order valence-electron chi connectivity index (χ0n) is 17.0. The van der Waals surface area contributed by atoms with Gasteiger partial charge in [-0.1, -0.05) is 43.7 Å². The van der Waals surface area contributed by atoms with Crippen LogP contribution in [-0.2, 0) is 0 Å².